The molecular weight excluding hydrogens is 388 g/mol. The summed E-state index contributed by atoms with van der Waals surface area (Å²) in [5.74, 6) is -2.32. The Labute approximate surface area is 175 Å². The van der Waals surface area contributed by atoms with E-state index in [9.17, 15) is 24.1 Å². The van der Waals surface area contributed by atoms with Crippen LogP contribution in [0, 0.1) is 23.5 Å². The summed E-state index contributed by atoms with van der Waals surface area (Å²) >= 11 is 0. The fraction of sp³-hybridized carbons (Fsp3) is 0.500. The maximum absolute atomic E-state index is 13.8. The molecule has 4 rings (SSSR count). The van der Waals surface area contributed by atoms with Crippen LogP contribution in [0.3, 0.4) is 0 Å². The van der Waals surface area contributed by atoms with E-state index in [0.29, 0.717) is 36.8 Å². The number of fused-ring (bicyclic) bond motifs is 1. The molecule has 0 bridgehead atoms. The highest BCUT2D eigenvalue weighted by molar-refractivity contribution is 5.32. The van der Waals surface area contributed by atoms with Gasteiger partial charge in [-0.3, -0.25) is 0 Å². The van der Waals surface area contributed by atoms with E-state index in [2.05, 4.69) is 4.90 Å². The molecule has 1 heterocycles. The average Bonchev–Trinajstić information content (AvgIpc) is 3.20. The Kier molecular flexibility index (Phi) is 6.09. The van der Waals surface area contributed by atoms with Gasteiger partial charge in [-0.1, -0.05) is 30.3 Å². The molecule has 6 heteroatoms. The molecule has 2 aliphatic rings. The second-order valence-electron chi connectivity index (χ2n) is 9.08. The number of halogens is 2. The lowest BCUT2D eigenvalue weighted by Crippen LogP contribution is -2.33. The highest BCUT2D eigenvalue weighted by Crippen LogP contribution is 2.45. The lowest BCUT2D eigenvalue weighted by molar-refractivity contribution is 0.0351. The molecule has 1 aliphatic carbocycles. The van der Waals surface area contributed by atoms with E-state index in [0.717, 1.165) is 43.6 Å². The number of phenols is 1. The molecule has 1 aliphatic heterocycles. The van der Waals surface area contributed by atoms with Crippen molar-refractivity contribution in [3.8, 4) is 5.75 Å². The van der Waals surface area contributed by atoms with E-state index in [1.54, 1.807) is 0 Å². The highest BCUT2D eigenvalue weighted by atomic mass is 19.1. The summed E-state index contributed by atoms with van der Waals surface area (Å²) in [6, 6.07) is 12.4. The van der Waals surface area contributed by atoms with Crippen LogP contribution in [0.2, 0.25) is 0 Å². The predicted molar refractivity (Wildman–Crippen MR) is 110 cm³/mol. The quantitative estimate of drug-likeness (QED) is 0.646. The Balaban J connectivity index is 1.39. The standard InChI is InChI=1S/C24H29F2NO3/c25-21-8-18(9-22(26)23(21)29)17(6-7-28)13-27-14-19-11-24(30,12-20(19)15-27)10-16-4-2-1-3-5-16/h1-5,8-9,17,19-20,28-30H,6-7,10-15H2/t17?,19-,20+,24-. The minimum atomic E-state index is -0.975. The summed E-state index contributed by atoms with van der Waals surface area (Å²) in [5, 5.41) is 29.9. The van der Waals surface area contributed by atoms with Crippen molar-refractivity contribution < 1.29 is 24.1 Å². The van der Waals surface area contributed by atoms with Crippen LogP contribution in [0.15, 0.2) is 42.5 Å². The molecule has 0 amide bonds. The number of likely N-dealkylation sites (tertiary alicyclic amines) is 1. The summed E-state index contributed by atoms with van der Waals surface area (Å²) < 4.78 is 27.6. The minimum absolute atomic E-state index is 0.0771. The number of aliphatic hydroxyl groups excluding tert-OH is 1. The Morgan fingerprint density at radius 2 is 1.63 bits per heavy atom. The van der Waals surface area contributed by atoms with E-state index >= 15 is 0 Å². The molecule has 0 radical (unpaired) electrons. The summed E-state index contributed by atoms with van der Waals surface area (Å²) in [6.07, 6.45) is 2.58. The zero-order chi connectivity index (χ0) is 21.3. The van der Waals surface area contributed by atoms with Gasteiger partial charge in [-0.05, 0) is 60.3 Å². The maximum Gasteiger partial charge on any atom is 0.187 e. The van der Waals surface area contributed by atoms with Gasteiger partial charge in [-0.2, -0.15) is 0 Å². The smallest absolute Gasteiger partial charge is 0.187 e. The zero-order valence-corrected chi connectivity index (χ0v) is 17.0. The molecule has 2 aromatic carbocycles. The molecule has 1 unspecified atom stereocenters. The van der Waals surface area contributed by atoms with Gasteiger partial charge in [-0.25, -0.2) is 8.78 Å². The largest absolute Gasteiger partial charge is 0.503 e. The number of hydrogen-bond donors (Lipinski definition) is 3. The van der Waals surface area contributed by atoms with Crippen molar-refractivity contribution in [1.82, 2.24) is 4.90 Å². The van der Waals surface area contributed by atoms with Gasteiger partial charge < -0.3 is 20.2 Å². The van der Waals surface area contributed by atoms with E-state index in [1.165, 1.54) is 0 Å². The van der Waals surface area contributed by atoms with Crippen LogP contribution in [0.25, 0.3) is 0 Å². The van der Waals surface area contributed by atoms with Crippen molar-refractivity contribution in [1.29, 1.82) is 0 Å². The Morgan fingerprint density at radius 3 is 2.20 bits per heavy atom. The first kappa shape index (κ1) is 21.2. The molecular formula is C24H29F2NO3. The number of aromatic hydroxyl groups is 1. The van der Waals surface area contributed by atoms with Gasteiger partial charge in [0.15, 0.2) is 17.4 Å². The van der Waals surface area contributed by atoms with Crippen LogP contribution in [-0.4, -0.2) is 52.1 Å². The second-order valence-corrected chi connectivity index (χ2v) is 9.08. The highest BCUT2D eigenvalue weighted by Gasteiger charge is 2.48. The maximum atomic E-state index is 13.8. The normalized spacial score (nSPS) is 27.3. The van der Waals surface area contributed by atoms with Crippen molar-refractivity contribution in [2.75, 3.05) is 26.2 Å². The number of hydrogen-bond acceptors (Lipinski definition) is 4. The number of benzene rings is 2. The van der Waals surface area contributed by atoms with Crippen molar-refractivity contribution >= 4 is 0 Å². The van der Waals surface area contributed by atoms with Crippen LogP contribution < -0.4 is 0 Å². The molecule has 0 aromatic heterocycles. The molecule has 4 atom stereocenters. The molecule has 162 valence electrons. The van der Waals surface area contributed by atoms with Crippen molar-refractivity contribution in [2.24, 2.45) is 11.8 Å². The molecule has 4 nitrogen and oxygen atoms in total. The minimum Gasteiger partial charge on any atom is -0.503 e. The predicted octanol–water partition coefficient (Wildman–Crippen LogP) is 3.45. The molecule has 2 fully saturated rings. The molecule has 3 N–H and O–H groups in total. The monoisotopic (exact) mass is 417 g/mol. The number of phenolic OH excluding ortho intramolecular Hbond substituents is 1. The number of aliphatic hydroxyl groups is 2. The first-order chi connectivity index (χ1) is 14.4. The van der Waals surface area contributed by atoms with E-state index in [-0.39, 0.29) is 12.5 Å². The Morgan fingerprint density at radius 1 is 1.03 bits per heavy atom. The van der Waals surface area contributed by atoms with Crippen molar-refractivity contribution in [2.45, 2.75) is 37.2 Å². The van der Waals surface area contributed by atoms with Gasteiger partial charge >= 0.3 is 0 Å². The van der Waals surface area contributed by atoms with Crippen LogP contribution in [0.5, 0.6) is 5.75 Å². The van der Waals surface area contributed by atoms with Crippen molar-refractivity contribution in [3.05, 3.63) is 65.2 Å². The summed E-state index contributed by atoms with van der Waals surface area (Å²) in [6.45, 7) is 2.19. The Hall–Kier alpha value is -2.02. The van der Waals surface area contributed by atoms with Crippen molar-refractivity contribution in [3.63, 3.8) is 0 Å². The van der Waals surface area contributed by atoms with Crippen LogP contribution in [-0.2, 0) is 6.42 Å². The number of nitrogens with zero attached hydrogens (tertiary/aromatic N) is 1. The third-order valence-electron chi connectivity index (χ3n) is 6.78. The lowest BCUT2D eigenvalue weighted by Gasteiger charge is -2.28. The van der Waals surface area contributed by atoms with Gasteiger partial charge in [0.1, 0.15) is 0 Å². The number of rotatable bonds is 7. The van der Waals surface area contributed by atoms with Gasteiger partial charge in [0.05, 0.1) is 5.60 Å². The van der Waals surface area contributed by atoms with Crippen LogP contribution in [0.4, 0.5) is 8.78 Å². The average molecular weight is 417 g/mol. The van der Waals surface area contributed by atoms with Gasteiger partial charge in [0.25, 0.3) is 0 Å². The topological polar surface area (TPSA) is 63.9 Å². The zero-order valence-electron chi connectivity index (χ0n) is 17.0. The summed E-state index contributed by atoms with van der Waals surface area (Å²) in [7, 11) is 0. The van der Waals surface area contributed by atoms with E-state index < -0.39 is 23.0 Å². The third-order valence-corrected chi connectivity index (χ3v) is 6.78. The fourth-order valence-electron chi connectivity index (χ4n) is 5.48. The summed E-state index contributed by atoms with van der Waals surface area (Å²) in [4.78, 5) is 2.28. The molecule has 1 saturated carbocycles. The third kappa shape index (κ3) is 4.51. The molecule has 30 heavy (non-hydrogen) atoms. The van der Waals surface area contributed by atoms with E-state index in [4.69, 9.17) is 0 Å². The first-order valence-electron chi connectivity index (χ1n) is 10.6. The SMILES string of the molecule is OCCC(CN1C[C@@H]2C[C@@](O)(Cc3ccccc3)C[C@@H]2C1)c1cc(F)c(O)c(F)c1. The van der Waals surface area contributed by atoms with Gasteiger partial charge in [0.2, 0.25) is 0 Å². The van der Waals surface area contributed by atoms with Crippen LogP contribution >= 0.6 is 0 Å². The summed E-state index contributed by atoms with van der Waals surface area (Å²) in [5.41, 5.74) is 0.932. The molecule has 2 aromatic rings. The van der Waals surface area contributed by atoms with Gasteiger partial charge in [0, 0.05) is 32.7 Å². The van der Waals surface area contributed by atoms with E-state index in [1.807, 2.05) is 30.3 Å². The molecule has 0 spiro atoms. The second kappa shape index (κ2) is 8.61. The lowest BCUT2D eigenvalue weighted by atomic mass is 9.91. The Bertz CT molecular complexity index is 839. The molecule has 1 saturated heterocycles. The van der Waals surface area contributed by atoms with Gasteiger partial charge in [-0.15, -0.1) is 0 Å². The first-order valence-corrected chi connectivity index (χ1v) is 10.6. The van der Waals surface area contributed by atoms with Crippen LogP contribution in [0.1, 0.15) is 36.3 Å². The fourth-order valence-corrected chi connectivity index (χ4v) is 5.48.